The number of aromatic amines is 1. The molecule has 7 heteroatoms. The zero-order valence-electron chi connectivity index (χ0n) is 8.22. The van der Waals surface area contributed by atoms with E-state index < -0.39 is 29.1 Å². The average Bonchev–Trinajstić information content (AvgIpc) is 2.21. The van der Waals surface area contributed by atoms with Gasteiger partial charge in [-0.1, -0.05) is 11.6 Å². The minimum Gasteiger partial charge on any atom is -0.462 e. The summed E-state index contributed by atoms with van der Waals surface area (Å²) in [5, 5.41) is -0.340. The van der Waals surface area contributed by atoms with E-state index in [1.807, 2.05) is 0 Å². The lowest BCUT2D eigenvalue weighted by Gasteiger charge is -2.07. The fourth-order valence-electron chi connectivity index (χ4n) is 1.10. The molecule has 0 fully saturated rings. The van der Waals surface area contributed by atoms with E-state index >= 15 is 0 Å². The normalized spacial score (nSPS) is 10.6. The Bertz CT molecular complexity index is 459. The number of alkyl halides is 2. The second-order valence-electron chi connectivity index (χ2n) is 2.78. The van der Waals surface area contributed by atoms with Crippen LogP contribution in [0.15, 0.2) is 11.0 Å². The Balaban J connectivity index is 3.37. The highest BCUT2D eigenvalue weighted by atomic mass is 35.5. The van der Waals surface area contributed by atoms with Crippen molar-refractivity contribution in [1.82, 2.24) is 4.98 Å². The molecule has 16 heavy (non-hydrogen) atoms. The highest BCUT2D eigenvalue weighted by molar-refractivity contribution is 6.30. The number of hydrogen-bond donors (Lipinski definition) is 1. The second kappa shape index (κ2) is 5.07. The van der Waals surface area contributed by atoms with Crippen molar-refractivity contribution >= 4 is 17.6 Å². The molecule has 0 aliphatic rings. The van der Waals surface area contributed by atoms with Gasteiger partial charge in [-0.3, -0.25) is 4.79 Å². The number of ether oxygens (including phenoxy) is 1. The molecular formula is C9H8ClF2NO3. The molecule has 0 aromatic carbocycles. The molecule has 4 nitrogen and oxygen atoms in total. The van der Waals surface area contributed by atoms with Gasteiger partial charge in [0.25, 0.3) is 6.43 Å². The Morgan fingerprint density at radius 2 is 2.25 bits per heavy atom. The van der Waals surface area contributed by atoms with Gasteiger partial charge in [-0.15, -0.1) is 0 Å². The van der Waals surface area contributed by atoms with Crippen LogP contribution in [0.1, 0.15) is 29.4 Å². The van der Waals surface area contributed by atoms with Crippen molar-refractivity contribution in [3.8, 4) is 0 Å². The maximum atomic E-state index is 12.5. The molecule has 0 bridgehead atoms. The standard InChI is InChI=1S/C9H8ClF2NO3/c1-2-16-9(15)5-6(8(11)12)13-3-4(10)7(5)14/h3,8H,2H2,1H3,(H,13,14). The summed E-state index contributed by atoms with van der Waals surface area (Å²) in [5.74, 6) is -1.11. The number of pyridine rings is 1. The van der Waals surface area contributed by atoms with Crippen molar-refractivity contribution in [1.29, 1.82) is 0 Å². The van der Waals surface area contributed by atoms with Crippen LogP contribution in [0.25, 0.3) is 0 Å². The molecule has 1 aromatic heterocycles. The van der Waals surface area contributed by atoms with Crippen LogP contribution >= 0.6 is 11.6 Å². The SMILES string of the molecule is CCOC(=O)c1c(C(F)F)[nH]cc(Cl)c1=O. The van der Waals surface area contributed by atoms with Gasteiger partial charge >= 0.3 is 5.97 Å². The number of nitrogens with one attached hydrogen (secondary N) is 1. The van der Waals surface area contributed by atoms with Crippen molar-refractivity contribution < 1.29 is 18.3 Å². The predicted octanol–water partition coefficient (Wildman–Crippen LogP) is 2.14. The number of hydrogen-bond acceptors (Lipinski definition) is 3. The number of carbonyl (C=O) groups excluding carboxylic acids is 1. The second-order valence-corrected chi connectivity index (χ2v) is 3.18. The van der Waals surface area contributed by atoms with Gasteiger partial charge in [0.15, 0.2) is 0 Å². The smallest absolute Gasteiger partial charge is 0.344 e. The van der Waals surface area contributed by atoms with E-state index in [9.17, 15) is 18.4 Å². The molecule has 0 radical (unpaired) electrons. The van der Waals surface area contributed by atoms with Gasteiger partial charge < -0.3 is 9.72 Å². The zero-order valence-corrected chi connectivity index (χ0v) is 8.98. The molecule has 88 valence electrons. The van der Waals surface area contributed by atoms with E-state index in [1.54, 1.807) is 0 Å². The topological polar surface area (TPSA) is 59.2 Å². The first kappa shape index (κ1) is 12.6. The monoisotopic (exact) mass is 251 g/mol. The number of halogens is 3. The van der Waals surface area contributed by atoms with Crippen LogP contribution in [0.5, 0.6) is 0 Å². The van der Waals surface area contributed by atoms with Crippen molar-refractivity contribution in [2.45, 2.75) is 13.3 Å². The van der Waals surface area contributed by atoms with Crippen molar-refractivity contribution in [2.75, 3.05) is 6.61 Å². The van der Waals surface area contributed by atoms with E-state index in [2.05, 4.69) is 9.72 Å². The van der Waals surface area contributed by atoms with E-state index in [-0.39, 0.29) is 11.6 Å². The lowest BCUT2D eigenvalue weighted by molar-refractivity contribution is 0.0511. The molecule has 0 amide bonds. The lowest BCUT2D eigenvalue weighted by Crippen LogP contribution is -2.22. The van der Waals surface area contributed by atoms with Crippen molar-refractivity contribution in [2.24, 2.45) is 0 Å². The van der Waals surface area contributed by atoms with Gasteiger partial charge in [0.1, 0.15) is 16.3 Å². The maximum absolute atomic E-state index is 12.5. The highest BCUT2D eigenvalue weighted by Gasteiger charge is 2.24. The van der Waals surface area contributed by atoms with Crippen molar-refractivity contribution in [3.05, 3.63) is 32.7 Å². The van der Waals surface area contributed by atoms with Gasteiger partial charge in [0.05, 0.1) is 6.61 Å². The molecule has 0 unspecified atom stereocenters. The number of H-pyrrole nitrogens is 1. The summed E-state index contributed by atoms with van der Waals surface area (Å²) in [5.41, 5.74) is -2.49. The van der Waals surface area contributed by atoms with E-state index in [1.165, 1.54) is 6.92 Å². The molecule has 0 aliphatic carbocycles. The number of carbonyl (C=O) groups is 1. The largest absolute Gasteiger partial charge is 0.462 e. The molecule has 1 N–H and O–H groups in total. The highest BCUT2D eigenvalue weighted by Crippen LogP contribution is 2.20. The van der Waals surface area contributed by atoms with Crippen LogP contribution in [0, 0.1) is 0 Å². The summed E-state index contributed by atoms with van der Waals surface area (Å²) in [6.07, 6.45) is -2.07. The fourth-order valence-corrected chi connectivity index (χ4v) is 1.25. The van der Waals surface area contributed by atoms with Gasteiger partial charge in [-0.2, -0.15) is 0 Å². The Morgan fingerprint density at radius 3 is 2.75 bits per heavy atom. The molecule has 0 atom stereocenters. The third kappa shape index (κ3) is 2.38. The minimum absolute atomic E-state index is 0.0204. The van der Waals surface area contributed by atoms with Crippen LogP contribution in [-0.4, -0.2) is 17.6 Å². The summed E-state index contributed by atoms with van der Waals surface area (Å²) in [7, 11) is 0. The first-order valence-corrected chi connectivity index (χ1v) is 4.73. The van der Waals surface area contributed by atoms with E-state index in [0.717, 1.165) is 6.20 Å². The molecule has 0 aliphatic heterocycles. The minimum atomic E-state index is -2.98. The fraction of sp³-hybridized carbons (Fsp3) is 0.333. The summed E-state index contributed by atoms with van der Waals surface area (Å²) < 4.78 is 29.5. The molecule has 0 spiro atoms. The van der Waals surface area contributed by atoms with Crippen LogP contribution in [-0.2, 0) is 4.74 Å². The first-order chi connectivity index (χ1) is 7.49. The predicted molar refractivity (Wildman–Crippen MR) is 53.0 cm³/mol. The summed E-state index contributed by atoms with van der Waals surface area (Å²) in [6, 6.07) is 0. The first-order valence-electron chi connectivity index (χ1n) is 4.35. The molecule has 1 heterocycles. The molecule has 1 aromatic rings. The van der Waals surface area contributed by atoms with Crippen LogP contribution in [0.2, 0.25) is 5.02 Å². The average molecular weight is 252 g/mol. The third-order valence-corrected chi connectivity index (χ3v) is 2.05. The molecular weight excluding hydrogens is 244 g/mol. The summed E-state index contributed by atoms with van der Waals surface area (Å²) in [4.78, 5) is 24.8. The summed E-state index contributed by atoms with van der Waals surface area (Å²) >= 11 is 5.44. The van der Waals surface area contributed by atoms with Crippen LogP contribution < -0.4 is 5.43 Å². The Morgan fingerprint density at radius 1 is 1.62 bits per heavy atom. The van der Waals surface area contributed by atoms with Gasteiger partial charge in [0, 0.05) is 6.20 Å². The number of esters is 1. The Labute approximate surface area is 94.2 Å². The van der Waals surface area contributed by atoms with Crippen LogP contribution in [0.3, 0.4) is 0 Å². The van der Waals surface area contributed by atoms with E-state index in [0.29, 0.717) is 0 Å². The number of aromatic nitrogens is 1. The maximum Gasteiger partial charge on any atom is 0.344 e. The van der Waals surface area contributed by atoms with Gasteiger partial charge in [-0.25, -0.2) is 13.6 Å². The Kier molecular flexibility index (Phi) is 4.00. The van der Waals surface area contributed by atoms with Gasteiger partial charge in [-0.05, 0) is 6.92 Å². The summed E-state index contributed by atoms with van der Waals surface area (Å²) in [6.45, 7) is 1.48. The lowest BCUT2D eigenvalue weighted by atomic mass is 10.2. The molecule has 0 saturated heterocycles. The Hall–Kier alpha value is -1.43. The zero-order chi connectivity index (χ0) is 12.3. The van der Waals surface area contributed by atoms with Crippen LogP contribution in [0.4, 0.5) is 8.78 Å². The van der Waals surface area contributed by atoms with E-state index in [4.69, 9.17) is 11.6 Å². The van der Waals surface area contributed by atoms with Gasteiger partial charge in [0.2, 0.25) is 5.43 Å². The third-order valence-electron chi connectivity index (χ3n) is 1.77. The van der Waals surface area contributed by atoms with Crippen molar-refractivity contribution in [3.63, 3.8) is 0 Å². The molecule has 1 rings (SSSR count). The molecule has 0 saturated carbocycles. The number of rotatable bonds is 3. The quantitative estimate of drug-likeness (QED) is 0.838.